The van der Waals surface area contributed by atoms with E-state index in [0.717, 1.165) is 24.1 Å². The first kappa shape index (κ1) is 21.2. The van der Waals surface area contributed by atoms with Crippen molar-refractivity contribution >= 4 is 34.4 Å². The smallest absolute Gasteiger partial charge is 0.283 e. The van der Waals surface area contributed by atoms with Crippen molar-refractivity contribution in [3.63, 3.8) is 0 Å². The first-order valence-corrected chi connectivity index (χ1v) is 10.9. The summed E-state index contributed by atoms with van der Waals surface area (Å²) in [4.78, 5) is 34.2. The lowest BCUT2D eigenvalue weighted by molar-refractivity contribution is -0.113. The van der Waals surface area contributed by atoms with Crippen LogP contribution in [-0.2, 0) is 4.79 Å². The first-order chi connectivity index (χ1) is 14.9. The summed E-state index contributed by atoms with van der Waals surface area (Å²) in [5, 5.41) is 3.93. The Balaban J connectivity index is 1.57. The largest absolute Gasteiger partial charge is 0.493 e. The minimum atomic E-state index is -0.306. The average molecular weight is 441 g/mol. The number of benzene rings is 1. The molecule has 1 saturated carbocycles. The molecular formula is C22H24N4O4S. The van der Waals surface area contributed by atoms with Gasteiger partial charge in [-0.1, -0.05) is 11.8 Å². The molecule has 4 rings (SSSR count). The highest BCUT2D eigenvalue weighted by molar-refractivity contribution is 7.99. The summed E-state index contributed by atoms with van der Waals surface area (Å²) in [5.41, 5.74) is 2.68. The van der Waals surface area contributed by atoms with E-state index in [-0.39, 0.29) is 23.3 Å². The molecule has 1 aromatic carbocycles. The summed E-state index contributed by atoms with van der Waals surface area (Å²) in [6.07, 6.45) is 2.03. The standard InChI is InChI=1S/C22H24N4O4S/c1-12-9-13(2)23-20-19(12)21(28)25-22(26(20)15-6-7-15)31-11-18(27)24-14-5-8-16(29-3)17(10-14)30-4/h5,8-10,15H,6-7,11H2,1-4H3,(H,24,27). The minimum Gasteiger partial charge on any atom is -0.493 e. The number of pyridine rings is 1. The molecule has 162 valence electrons. The lowest BCUT2D eigenvalue weighted by Crippen LogP contribution is -2.20. The average Bonchev–Trinajstić information content (AvgIpc) is 3.56. The van der Waals surface area contributed by atoms with Gasteiger partial charge in [-0.05, 0) is 50.5 Å². The van der Waals surface area contributed by atoms with Crippen LogP contribution in [0.5, 0.6) is 11.5 Å². The molecule has 2 heterocycles. The molecule has 3 aromatic rings. The van der Waals surface area contributed by atoms with Crippen molar-refractivity contribution in [2.75, 3.05) is 25.3 Å². The van der Waals surface area contributed by atoms with Crippen molar-refractivity contribution in [3.8, 4) is 11.5 Å². The molecule has 1 amide bonds. The highest BCUT2D eigenvalue weighted by Crippen LogP contribution is 2.39. The van der Waals surface area contributed by atoms with Crippen LogP contribution in [-0.4, -0.2) is 40.4 Å². The number of carbonyl (C=O) groups is 1. The number of nitrogens with zero attached hydrogens (tertiary/aromatic N) is 3. The normalized spacial score (nSPS) is 13.3. The van der Waals surface area contributed by atoms with Crippen LogP contribution in [0.25, 0.3) is 11.0 Å². The van der Waals surface area contributed by atoms with Gasteiger partial charge in [0.1, 0.15) is 5.65 Å². The highest BCUT2D eigenvalue weighted by Gasteiger charge is 2.29. The highest BCUT2D eigenvalue weighted by atomic mass is 32.2. The fourth-order valence-electron chi connectivity index (χ4n) is 3.55. The number of rotatable bonds is 7. The third-order valence-electron chi connectivity index (χ3n) is 5.08. The third-order valence-corrected chi connectivity index (χ3v) is 6.04. The van der Waals surface area contributed by atoms with E-state index in [1.807, 2.05) is 24.5 Å². The molecule has 0 spiro atoms. The first-order valence-electron chi connectivity index (χ1n) is 9.96. The maximum absolute atomic E-state index is 12.7. The van der Waals surface area contributed by atoms with Gasteiger partial charge in [-0.25, -0.2) is 4.98 Å². The summed E-state index contributed by atoms with van der Waals surface area (Å²) in [6.45, 7) is 3.82. The summed E-state index contributed by atoms with van der Waals surface area (Å²) in [5.74, 6) is 1.02. The van der Waals surface area contributed by atoms with Gasteiger partial charge in [-0.15, -0.1) is 0 Å². The summed E-state index contributed by atoms with van der Waals surface area (Å²) in [6, 6.07) is 7.33. The number of methoxy groups -OCH3 is 2. The molecule has 1 N–H and O–H groups in total. The van der Waals surface area contributed by atoms with Crippen molar-refractivity contribution in [1.29, 1.82) is 0 Å². The van der Waals surface area contributed by atoms with E-state index in [4.69, 9.17) is 9.47 Å². The zero-order chi connectivity index (χ0) is 22.1. The molecule has 0 unspecified atom stereocenters. The quantitative estimate of drug-likeness (QED) is 0.444. The number of anilines is 1. The summed E-state index contributed by atoms with van der Waals surface area (Å²) < 4.78 is 12.5. The third kappa shape index (κ3) is 4.36. The molecule has 0 saturated heterocycles. The predicted molar refractivity (Wildman–Crippen MR) is 120 cm³/mol. The lowest BCUT2D eigenvalue weighted by atomic mass is 10.2. The van der Waals surface area contributed by atoms with Gasteiger partial charge in [-0.3, -0.25) is 9.59 Å². The molecule has 0 aliphatic heterocycles. The van der Waals surface area contributed by atoms with Crippen molar-refractivity contribution in [1.82, 2.24) is 14.5 Å². The number of carbonyl (C=O) groups excluding carboxylic acids is 1. The van der Waals surface area contributed by atoms with Crippen LogP contribution < -0.4 is 20.3 Å². The fourth-order valence-corrected chi connectivity index (χ4v) is 4.40. The van der Waals surface area contributed by atoms with Gasteiger partial charge in [0.2, 0.25) is 5.91 Å². The number of thioether (sulfide) groups is 1. The molecule has 0 radical (unpaired) electrons. The summed E-state index contributed by atoms with van der Waals surface area (Å²) in [7, 11) is 3.10. The van der Waals surface area contributed by atoms with Crippen molar-refractivity contribution in [2.24, 2.45) is 0 Å². The molecule has 8 nitrogen and oxygen atoms in total. The number of ether oxygens (including phenoxy) is 2. The van der Waals surface area contributed by atoms with Crippen molar-refractivity contribution < 1.29 is 14.3 Å². The van der Waals surface area contributed by atoms with Gasteiger partial charge in [0, 0.05) is 23.5 Å². The van der Waals surface area contributed by atoms with E-state index in [1.165, 1.54) is 11.8 Å². The van der Waals surface area contributed by atoms with E-state index in [2.05, 4.69) is 15.3 Å². The molecule has 0 bridgehead atoms. The Kier molecular flexibility index (Phi) is 5.86. The van der Waals surface area contributed by atoms with E-state index >= 15 is 0 Å². The molecule has 2 aromatic heterocycles. The van der Waals surface area contributed by atoms with Gasteiger partial charge in [-0.2, -0.15) is 4.98 Å². The molecule has 9 heteroatoms. The second-order valence-electron chi connectivity index (χ2n) is 7.49. The van der Waals surface area contributed by atoms with E-state index in [1.54, 1.807) is 32.4 Å². The van der Waals surface area contributed by atoms with Crippen LogP contribution in [0.3, 0.4) is 0 Å². The van der Waals surface area contributed by atoms with Crippen molar-refractivity contribution in [2.45, 2.75) is 37.9 Å². The Labute approximate surface area is 184 Å². The van der Waals surface area contributed by atoms with Crippen LogP contribution in [0.15, 0.2) is 34.2 Å². The van der Waals surface area contributed by atoms with Gasteiger partial charge in [0.15, 0.2) is 16.7 Å². The van der Waals surface area contributed by atoms with Crippen LogP contribution in [0.2, 0.25) is 0 Å². The number of amides is 1. The maximum Gasteiger partial charge on any atom is 0.283 e. The van der Waals surface area contributed by atoms with Gasteiger partial charge < -0.3 is 19.4 Å². The topological polar surface area (TPSA) is 95.3 Å². The zero-order valence-electron chi connectivity index (χ0n) is 17.9. The van der Waals surface area contributed by atoms with Crippen LogP contribution >= 0.6 is 11.8 Å². The molecule has 0 atom stereocenters. The van der Waals surface area contributed by atoms with E-state index in [0.29, 0.717) is 33.4 Å². The fraction of sp³-hybridized carbons (Fsp3) is 0.364. The Morgan fingerprint density at radius 3 is 2.58 bits per heavy atom. The Hall–Kier alpha value is -3.07. The van der Waals surface area contributed by atoms with E-state index < -0.39 is 0 Å². The number of nitrogens with one attached hydrogen (secondary N) is 1. The number of aromatic nitrogens is 3. The Morgan fingerprint density at radius 2 is 1.90 bits per heavy atom. The number of aryl methyl sites for hydroxylation is 2. The van der Waals surface area contributed by atoms with Gasteiger partial charge in [0.05, 0.1) is 25.4 Å². The number of hydrogen-bond acceptors (Lipinski definition) is 7. The van der Waals surface area contributed by atoms with Crippen molar-refractivity contribution in [3.05, 3.63) is 45.9 Å². The number of fused-ring (bicyclic) bond motifs is 1. The minimum absolute atomic E-state index is 0.115. The zero-order valence-corrected chi connectivity index (χ0v) is 18.7. The second-order valence-corrected chi connectivity index (χ2v) is 8.43. The van der Waals surface area contributed by atoms with Gasteiger partial charge >= 0.3 is 0 Å². The lowest BCUT2D eigenvalue weighted by Gasteiger charge is -2.15. The number of hydrogen-bond donors (Lipinski definition) is 1. The second kappa shape index (κ2) is 8.58. The summed E-state index contributed by atoms with van der Waals surface area (Å²) >= 11 is 1.24. The monoisotopic (exact) mass is 440 g/mol. The molecule has 1 aliphatic carbocycles. The van der Waals surface area contributed by atoms with Gasteiger partial charge in [0.25, 0.3) is 5.56 Å². The maximum atomic E-state index is 12.7. The Bertz CT molecular complexity index is 1220. The predicted octanol–water partition coefficient (Wildman–Crippen LogP) is 3.49. The van der Waals surface area contributed by atoms with Crippen LogP contribution in [0.4, 0.5) is 5.69 Å². The Morgan fingerprint density at radius 1 is 1.16 bits per heavy atom. The molecule has 1 aliphatic rings. The van der Waals surface area contributed by atoms with E-state index in [9.17, 15) is 9.59 Å². The van der Waals surface area contributed by atoms with Crippen LogP contribution in [0.1, 0.15) is 30.1 Å². The van der Waals surface area contributed by atoms with Crippen LogP contribution in [0, 0.1) is 13.8 Å². The molecular weight excluding hydrogens is 416 g/mol. The molecule has 31 heavy (non-hydrogen) atoms. The molecule has 1 fully saturated rings. The SMILES string of the molecule is COc1ccc(NC(=O)CSc2nc(=O)c3c(C)cc(C)nc3n2C2CC2)cc1OC.